The van der Waals surface area contributed by atoms with Crippen LogP contribution in [0.25, 0.3) is 0 Å². The van der Waals surface area contributed by atoms with Crippen molar-refractivity contribution in [1.29, 1.82) is 0 Å². The van der Waals surface area contributed by atoms with Gasteiger partial charge in [0.05, 0.1) is 0 Å². The monoisotopic (exact) mass is 165 g/mol. The van der Waals surface area contributed by atoms with E-state index in [9.17, 15) is 0 Å². The van der Waals surface area contributed by atoms with Crippen molar-refractivity contribution in [2.24, 2.45) is 29.6 Å². The summed E-state index contributed by atoms with van der Waals surface area (Å²) in [5.74, 6) is 5.43. The van der Waals surface area contributed by atoms with Gasteiger partial charge in [-0.05, 0) is 55.9 Å². The van der Waals surface area contributed by atoms with Crippen LogP contribution in [0.5, 0.6) is 0 Å². The van der Waals surface area contributed by atoms with Crippen molar-refractivity contribution in [3.05, 3.63) is 0 Å². The van der Waals surface area contributed by atoms with Crippen molar-refractivity contribution in [3.8, 4) is 0 Å². The summed E-state index contributed by atoms with van der Waals surface area (Å²) in [6.07, 6.45) is 4.58. The summed E-state index contributed by atoms with van der Waals surface area (Å²) in [6, 6.07) is 0.897. The number of hydrogen-bond acceptors (Lipinski definition) is 1. The molecule has 6 unspecified atom stereocenters. The summed E-state index contributed by atoms with van der Waals surface area (Å²) in [6.45, 7) is 2.44. The minimum Gasteiger partial charge on any atom is -0.316 e. The molecular weight excluding hydrogens is 146 g/mol. The predicted octanol–water partition coefficient (Wildman–Crippen LogP) is 1.89. The Morgan fingerprint density at radius 2 is 1.83 bits per heavy atom. The molecule has 0 aromatic heterocycles. The van der Waals surface area contributed by atoms with Crippen LogP contribution in [0.4, 0.5) is 0 Å². The number of nitrogens with one attached hydrogen (secondary N) is 1. The largest absolute Gasteiger partial charge is 0.316 e. The molecule has 0 heterocycles. The SMILES string of the molecule is CNC1C2CC(C)CC3CC1C32. The van der Waals surface area contributed by atoms with Crippen molar-refractivity contribution in [2.75, 3.05) is 7.05 Å². The van der Waals surface area contributed by atoms with E-state index in [1.165, 1.54) is 19.3 Å². The highest BCUT2D eigenvalue weighted by Crippen LogP contribution is 2.64. The molecule has 0 saturated heterocycles. The maximum atomic E-state index is 3.51. The van der Waals surface area contributed by atoms with Gasteiger partial charge in [0, 0.05) is 6.04 Å². The van der Waals surface area contributed by atoms with Crippen LogP contribution in [0.15, 0.2) is 0 Å². The molecule has 3 saturated carbocycles. The Hall–Kier alpha value is -0.0400. The third-order valence-corrected chi connectivity index (χ3v) is 4.74. The van der Waals surface area contributed by atoms with Gasteiger partial charge in [-0.15, -0.1) is 0 Å². The lowest BCUT2D eigenvalue weighted by atomic mass is 9.40. The lowest BCUT2D eigenvalue weighted by molar-refractivity contribution is -0.162. The standard InChI is InChI=1S/C11H19N/c1-6-3-7-5-9-10(7)8(4-6)11(9)12-2/h6-12H,3-5H2,1-2H3. The fourth-order valence-electron chi connectivity index (χ4n) is 4.35. The molecule has 1 nitrogen and oxygen atoms in total. The zero-order valence-electron chi connectivity index (χ0n) is 8.09. The molecule has 3 fully saturated rings. The van der Waals surface area contributed by atoms with Crippen LogP contribution in [0.3, 0.4) is 0 Å². The Morgan fingerprint density at radius 3 is 2.58 bits per heavy atom. The molecule has 0 spiro atoms. The second-order valence-corrected chi connectivity index (χ2v) is 5.29. The van der Waals surface area contributed by atoms with E-state index in [0.717, 1.165) is 35.6 Å². The van der Waals surface area contributed by atoms with Crippen LogP contribution in [-0.4, -0.2) is 13.1 Å². The van der Waals surface area contributed by atoms with Gasteiger partial charge < -0.3 is 5.32 Å². The minimum atomic E-state index is 0.897. The molecule has 68 valence electrons. The Labute approximate surface area is 74.9 Å². The Balaban J connectivity index is 1.77. The van der Waals surface area contributed by atoms with E-state index in [2.05, 4.69) is 19.3 Å². The van der Waals surface area contributed by atoms with Crippen molar-refractivity contribution in [2.45, 2.75) is 32.2 Å². The summed E-state index contributed by atoms with van der Waals surface area (Å²) in [4.78, 5) is 0. The molecule has 0 aliphatic heterocycles. The third kappa shape index (κ3) is 0.693. The molecule has 0 aromatic carbocycles. The zero-order chi connectivity index (χ0) is 8.29. The average Bonchev–Trinajstić information content (AvgIpc) is 1.97. The molecule has 0 amide bonds. The van der Waals surface area contributed by atoms with Crippen LogP contribution in [0, 0.1) is 29.6 Å². The molecule has 3 rings (SSSR count). The quantitative estimate of drug-likeness (QED) is 0.625. The molecule has 3 aliphatic rings. The van der Waals surface area contributed by atoms with E-state index in [1.807, 2.05) is 0 Å². The van der Waals surface area contributed by atoms with Gasteiger partial charge in [0.2, 0.25) is 0 Å². The van der Waals surface area contributed by atoms with Crippen LogP contribution < -0.4 is 5.32 Å². The topological polar surface area (TPSA) is 12.0 Å². The first-order valence-corrected chi connectivity index (χ1v) is 5.48. The van der Waals surface area contributed by atoms with E-state index in [0.29, 0.717) is 0 Å². The maximum Gasteiger partial charge on any atom is 0.0126 e. The highest BCUT2D eigenvalue weighted by atomic mass is 15.0. The maximum absolute atomic E-state index is 3.51. The summed E-state index contributed by atoms with van der Waals surface area (Å²) in [5.41, 5.74) is 0. The number of hydrogen-bond donors (Lipinski definition) is 1. The molecule has 1 N–H and O–H groups in total. The Bertz CT molecular complexity index is 190. The molecule has 6 atom stereocenters. The summed E-state index contributed by atoms with van der Waals surface area (Å²) >= 11 is 0. The van der Waals surface area contributed by atoms with Crippen LogP contribution in [0.2, 0.25) is 0 Å². The van der Waals surface area contributed by atoms with E-state index in [1.54, 1.807) is 0 Å². The summed E-state index contributed by atoms with van der Waals surface area (Å²) in [5, 5.41) is 3.51. The Morgan fingerprint density at radius 1 is 1.08 bits per heavy atom. The van der Waals surface area contributed by atoms with Gasteiger partial charge in [-0.1, -0.05) is 6.92 Å². The molecule has 0 aromatic rings. The van der Waals surface area contributed by atoms with Gasteiger partial charge in [-0.25, -0.2) is 0 Å². The van der Waals surface area contributed by atoms with Gasteiger partial charge in [-0.2, -0.15) is 0 Å². The minimum absolute atomic E-state index is 0.897. The van der Waals surface area contributed by atoms with Crippen molar-refractivity contribution >= 4 is 0 Å². The van der Waals surface area contributed by atoms with Gasteiger partial charge in [-0.3, -0.25) is 0 Å². The van der Waals surface area contributed by atoms with Gasteiger partial charge in [0.25, 0.3) is 0 Å². The van der Waals surface area contributed by atoms with E-state index in [-0.39, 0.29) is 0 Å². The molecule has 0 bridgehead atoms. The normalized spacial score (nSPS) is 61.5. The average molecular weight is 165 g/mol. The molecular formula is C11H19N. The smallest absolute Gasteiger partial charge is 0.0126 e. The second kappa shape index (κ2) is 2.25. The first-order chi connectivity index (χ1) is 5.81. The van der Waals surface area contributed by atoms with E-state index < -0.39 is 0 Å². The van der Waals surface area contributed by atoms with E-state index >= 15 is 0 Å². The van der Waals surface area contributed by atoms with Gasteiger partial charge in [0.1, 0.15) is 0 Å². The van der Waals surface area contributed by atoms with Crippen molar-refractivity contribution < 1.29 is 0 Å². The summed E-state index contributed by atoms with van der Waals surface area (Å²) < 4.78 is 0. The predicted molar refractivity (Wildman–Crippen MR) is 49.8 cm³/mol. The van der Waals surface area contributed by atoms with Crippen LogP contribution >= 0.6 is 0 Å². The summed E-state index contributed by atoms with van der Waals surface area (Å²) in [7, 11) is 2.15. The van der Waals surface area contributed by atoms with Gasteiger partial charge in [0.15, 0.2) is 0 Å². The molecule has 12 heavy (non-hydrogen) atoms. The Kier molecular flexibility index (Phi) is 1.39. The highest BCUT2D eigenvalue weighted by Gasteiger charge is 2.61. The lowest BCUT2D eigenvalue weighted by Crippen LogP contribution is -2.68. The van der Waals surface area contributed by atoms with Crippen LogP contribution in [-0.2, 0) is 0 Å². The third-order valence-electron chi connectivity index (χ3n) is 4.74. The fraction of sp³-hybridized carbons (Fsp3) is 1.00. The van der Waals surface area contributed by atoms with Crippen LogP contribution in [0.1, 0.15) is 26.2 Å². The second-order valence-electron chi connectivity index (χ2n) is 5.29. The highest BCUT2D eigenvalue weighted by molar-refractivity contribution is 5.13. The van der Waals surface area contributed by atoms with Crippen molar-refractivity contribution in [3.63, 3.8) is 0 Å². The zero-order valence-corrected chi connectivity index (χ0v) is 8.09. The first kappa shape index (κ1) is 7.37. The van der Waals surface area contributed by atoms with E-state index in [4.69, 9.17) is 0 Å². The molecule has 0 radical (unpaired) electrons. The number of rotatable bonds is 1. The molecule has 3 aliphatic carbocycles. The lowest BCUT2D eigenvalue weighted by Gasteiger charge is -2.67. The molecule has 1 heteroatoms. The first-order valence-electron chi connectivity index (χ1n) is 5.48. The van der Waals surface area contributed by atoms with Crippen molar-refractivity contribution in [1.82, 2.24) is 5.32 Å². The fourth-order valence-corrected chi connectivity index (χ4v) is 4.35. The van der Waals surface area contributed by atoms with Gasteiger partial charge >= 0.3 is 0 Å².